The van der Waals surface area contributed by atoms with Gasteiger partial charge in [-0.05, 0) is 18.8 Å². The number of thiazole rings is 1. The predicted molar refractivity (Wildman–Crippen MR) is 78.9 cm³/mol. The van der Waals surface area contributed by atoms with E-state index in [9.17, 15) is 14.4 Å². The number of hydrogen-bond donors (Lipinski definition) is 2. The Morgan fingerprint density at radius 3 is 3.00 bits per heavy atom. The molecule has 3 amide bonds. The number of carbonyl (C=O) groups is 3. The summed E-state index contributed by atoms with van der Waals surface area (Å²) in [5.41, 5.74) is 2.04. The van der Waals surface area contributed by atoms with Crippen molar-refractivity contribution >= 4 is 29.1 Å². The van der Waals surface area contributed by atoms with Crippen molar-refractivity contribution in [1.29, 1.82) is 0 Å². The summed E-state index contributed by atoms with van der Waals surface area (Å²) in [7, 11) is 0. The second-order valence-electron chi connectivity index (χ2n) is 5.32. The smallest absolute Gasteiger partial charge is 0.271 e. The van der Waals surface area contributed by atoms with Crippen LogP contribution >= 0.6 is 11.3 Å². The Morgan fingerprint density at radius 1 is 1.57 bits per heavy atom. The number of aromatic nitrogens is 1. The minimum Gasteiger partial charge on any atom is -0.339 e. The van der Waals surface area contributed by atoms with Gasteiger partial charge in [-0.15, -0.1) is 11.3 Å². The highest BCUT2D eigenvalue weighted by atomic mass is 32.1. The number of nitrogens with zero attached hydrogens (tertiary/aromatic N) is 1. The fourth-order valence-corrected chi connectivity index (χ4v) is 3.04. The summed E-state index contributed by atoms with van der Waals surface area (Å²) >= 11 is 1.46. The lowest BCUT2D eigenvalue weighted by Gasteiger charge is -2.21. The predicted octanol–water partition coefficient (Wildman–Crippen LogP) is 1.27. The van der Waals surface area contributed by atoms with Crippen LogP contribution in [0.1, 0.15) is 48.5 Å². The Kier molecular flexibility index (Phi) is 5.06. The molecule has 2 rings (SSSR count). The number of imide groups is 1. The van der Waals surface area contributed by atoms with Crippen LogP contribution < -0.4 is 10.6 Å². The Bertz CT molecular complexity index is 555. The van der Waals surface area contributed by atoms with Crippen LogP contribution in [0.3, 0.4) is 0 Å². The van der Waals surface area contributed by atoms with Crippen LogP contribution in [0.25, 0.3) is 0 Å². The van der Waals surface area contributed by atoms with Crippen molar-refractivity contribution in [3.8, 4) is 0 Å². The first kappa shape index (κ1) is 15.6. The van der Waals surface area contributed by atoms with E-state index in [0.29, 0.717) is 18.0 Å². The Labute approximate surface area is 127 Å². The third-order valence-corrected chi connectivity index (χ3v) is 4.49. The third-order valence-electron chi connectivity index (χ3n) is 3.63. The van der Waals surface area contributed by atoms with E-state index in [2.05, 4.69) is 29.5 Å². The summed E-state index contributed by atoms with van der Waals surface area (Å²) in [5.74, 6) is -0.605. The summed E-state index contributed by atoms with van der Waals surface area (Å²) < 4.78 is 0. The molecular formula is C14H19N3O3S. The zero-order valence-corrected chi connectivity index (χ0v) is 13.0. The number of nitrogens with one attached hydrogen (secondary N) is 2. The monoisotopic (exact) mass is 309 g/mol. The summed E-state index contributed by atoms with van der Waals surface area (Å²) in [6, 6.07) is -0.659. The molecule has 2 unspecified atom stereocenters. The first-order valence-electron chi connectivity index (χ1n) is 7.08. The highest BCUT2D eigenvalue weighted by Gasteiger charge is 2.29. The van der Waals surface area contributed by atoms with Crippen molar-refractivity contribution < 1.29 is 14.4 Å². The zero-order valence-electron chi connectivity index (χ0n) is 12.1. The molecule has 1 saturated heterocycles. The van der Waals surface area contributed by atoms with Gasteiger partial charge in [-0.25, -0.2) is 4.98 Å². The molecule has 6 nitrogen and oxygen atoms in total. The second-order valence-corrected chi connectivity index (χ2v) is 6.26. The van der Waals surface area contributed by atoms with Crippen LogP contribution in [0, 0.1) is 5.92 Å². The van der Waals surface area contributed by atoms with Crippen LogP contribution in [-0.2, 0) is 16.0 Å². The number of carbonyl (C=O) groups excluding carboxylic acids is 3. The first-order chi connectivity index (χ1) is 10.0. The molecule has 2 heterocycles. The van der Waals surface area contributed by atoms with Gasteiger partial charge in [0.25, 0.3) is 5.91 Å². The fourth-order valence-electron chi connectivity index (χ4n) is 2.12. The van der Waals surface area contributed by atoms with Crippen molar-refractivity contribution in [3.05, 3.63) is 16.1 Å². The van der Waals surface area contributed by atoms with Gasteiger partial charge in [0, 0.05) is 11.3 Å². The molecular weight excluding hydrogens is 290 g/mol. The number of hydrogen-bond acceptors (Lipinski definition) is 5. The summed E-state index contributed by atoms with van der Waals surface area (Å²) in [5, 5.41) is 4.89. The molecule has 0 aliphatic carbocycles. The molecule has 7 heteroatoms. The number of rotatable bonds is 5. The summed E-state index contributed by atoms with van der Waals surface area (Å²) in [6.07, 6.45) is 2.42. The van der Waals surface area contributed by atoms with Crippen LogP contribution in [0.4, 0.5) is 0 Å². The van der Waals surface area contributed by atoms with Gasteiger partial charge in [-0.1, -0.05) is 20.3 Å². The van der Waals surface area contributed by atoms with Gasteiger partial charge in [0.2, 0.25) is 11.8 Å². The molecule has 1 aliphatic heterocycles. The Morgan fingerprint density at radius 2 is 2.33 bits per heavy atom. The van der Waals surface area contributed by atoms with Gasteiger partial charge in [-0.2, -0.15) is 0 Å². The van der Waals surface area contributed by atoms with Crippen LogP contribution in [0.2, 0.25) is 0 Å². The maximum Gasteiger partial charge on any atom is 0.271 e. The molecule has 0 bridgehead atoms. The topological polar surface area (TPSA) is 88.2 Å². The van der Waals surface area contributed by atoms with Crippen molar-refractivity contribution in [2.24, 2.45) is 5.92 Å². The minimum atomic E-state index is -0.659. The standard InChI is InChI=1S/C14H19N3O3S/c1-3-8(2)6-10-12(15-7-21-10)14(20)16-9-4-5-11(18)17-13(9)19/h7-9H,3-6H2,1-2H3,(H,16,20)(H,17,18,19). The van der Waals surface area contributed by atoms with Crippen molar-refractivity contribution in [3.63, 3.8) is 0 Å². The lowest BCUT2D eigenvalue weighted by molar-refractivity contribution is -0.134. The molecule has 2 atom stereocenters. The van der Waals surface area contributed by atoms with E-state index < -0.39 is 11.9 Å². The molecule has 2 N–H and O–H groups in total. The Balaban J connectivity index is 2.02. The molecule has 0 aromatic carbocycles. The maximum absolute atomic E-state index is 12.3. The van der Waals surface area contributed by atoms with Crippen LogP contribution in [0.15, 0.2) is 5.51 Å². The molecule has 114 valence electrons. The minimum absolute atomic E-state index is 0.244. The van der Waals surface area contributed by atoms with Gasteiger partial charge in [-0.3, -0.25) is 19.7 Å². The SMILES string of the molecule is CCC(C)Cc1scnc1C(=O)NC1CCC(=O)NC1=O. The van der Waals surface area contributed by atoms with E-state index in [-0.39, 0.29) is 18.2 Å². The summed E-state index contributed by atoms with van der Waals surface area (Å²) in [4.78, 5) is 40.1. The van der Waals surface area contributed by atoms with Crippen molar-refractivity contribution in [1.82, 2.24) is 15.6 Å². The number of amides is 3. The van der Waals surface area contributed by atoms with E-state index in [0.717, 1.165) is 17.7 Å². The highest BCUT2D eigenvalue weighted by Crippen LogP contribution is 2.20. The first-order valence-corrected chi connectivity index (χ1v) is 7.96. The highest BCUT2D eigenvalue weighted by molar-refractivity contribution is 7.09. The van der Waals surface area contributed by atoms with Gasteiger partial charge in [0.05, 0.1) is 5.51 Å². The van der Waals surface area contributed by atoms with Crippen molar-refractivity contribution in [2.45, 2.75) is 45.6 Å². The molecule has 0 saturated carbocycles. The average Bonchev–Trinajstić information content (AvgIpc) is 2.90. The van der Waals surface area contributed by atoms with Gasteiger partial charge in [0.15, 0.2) is 0 Å². The van der Waals surface area contributed by atoms with Gasteiger partial charge < -0.3 is 5.32 Å². The molecule has 0 spiro atoms. The van der Waals surface area contributed by atoms with E-state index in [1.165, 1.54) is 11.3 Å². The molecule has 1 aliphatic rings. The maximum atomic E-state index is 12.3. The molecule has 1 aromatic rings. The summed E-state index contributed by atoms with van der Waals surface area (Å²) in [6.45, 7) is 4.23. The zero-order chi connectivity index (χ0) is 15.4. The fraction of sp³-hybridized carbons (Fsp3) is 0.571. The van der Waals surface area contributed by atoms with Crippen molar-refractivity contribution in [2.75, 3.05) is 0 Å². The van der Waals surface area contributed by atoms with E-state index in [1.807, 2.05) is 0 Å². The average molecular weight is 309 g/mol. The molecule has 0 radical (unpaired) electrons. The van der Waals surface area contributed by atoms with E-state index in [1.54, 1.807) is 5.51 Å². The van der Waals surface area contributed by atoms with E-state index >= 15 is 0 Å². The lowest BCUT2D eigenvalue weighted by Crippen LogP contribution is -2.52. The normalized spacial score (nSPS) is 20.0. The largest absolute Gasteiger partial charge is 0.339 e. The lowest BCUT2D eigenvalue weighted by atomic mass is 10.0. The third kappa shape index (κ3) is 3.87. The number of piperidine rings is 1. The Hall–Kier alpha value is -1.76. The quantitative estimate of drug-likeness (QED) is 0.802. The van der Waals surface area contributed by atoms with Crippen LogP contribution in [-0.4, -0.2) is 28.7 Å². The van der Waals surface area contributed by atoms with Gasteiger partial charge >= 0.3 is 0 Å². The second kappa shape index (κ2) is 6.80. The van der Waals surface area contributed by atoms with E-state index in [4.69, 9.17) is 0 Å². The van der Waals surface area contributed by atoms with Crippen LogP contribution in [0.5, 0.6) is 0 Å². The molecule has 1 fully saturated rings. The van der Waals surface area contributed by atoms with Gasteiger partial charge in [0.1, 0.15) is 11.7 Å². The molecule has 1 aromatic heterocycles. The molecule has 21 heavy (non-hydrogen) atoms.